The van der Waals surface area contributed by atoms with Crippen molar-refractivity contribution in [3.63, 3.8) is 0 Å². The summed E-state index contributed by atoms with van der Waals surface area (Å²) in [6.07, 6.45) is 0.972. The fourth-order valence-electron chi connectivity index (χ4n) is 1.80. The number of aliphatic carboxylic acids is 1. The van der Waals surface area contributed by atoms with Crippen molar-refractivity contribution in [2.75, 3.05) is 6.54 Å². The second kappa shape index (κ2) is 4.72. The summed E-state index contributed by atoms with van der Waals surface area (Å²) < 4.78 is 5.21. The second-order valence-corrected chi connectivity index (χ2v) is 5.05. The van der Waals surface area contributed by atoms with E-state index in [-0.39, 0.29) is 12.5 Å². The van der Waals surface area contributed by atoms with Crippen molar-refractivity contribution >= 4 is 12.1 Å². The minimum Gasteiger partial charge on any atom is -0.550 e. The van der Waals surface area contributed by atoms with E-state index in [0.717, 1.165) is 6.42 Å². The maximum atomic E-state index is 11.7. The third-order valence-electron chi connectivity index (χ3n) is 2.41. The molecule has 5 nitrogen and oxygen atoms in total. The lowest BCUT2D eigenvalue weighted by Gasteiger charge is -2.28. The number of likely N-dealkylation sites (tertiary alicyclic amines) is 1. The van der Waals surface area contributed by atoms with Crippen LogP contribution < -0.4 is 5.11 Å². The Morgan fingerprint density at radius 2 is 2.06 bits per heavy atom. The van der Waals surface area contributed by atoms with E-state index >= 15 is 0 Å². The molecule has 0 radical (unpaired) electrons. The normalized spacial score (nSPS) is 20.9. The molecule has 92 valence electrons. The predicted octanol–water partition coefficient (Wildman–Crippen LogP) is 0.526. The highest BCUT2D eigenvalue weighted by molar-refractivity contribution is 5.71. The van der Waals surface area contributed by atoms with Gasteiger partial charge in [0.1, 0.15) is 5.60 Å². The van der Waals surface area contributed by atoms with Gasteiger partial charge in [0.05, 0.1) is 0 Å². The van der Waals surface area contributed by atoms with Crippen LogP contribution in [0.3, 0.4) is 0 Å². The zero-order chi connectivity index (χ0) is 12.3. The molecular formula is C11H18NO4-. The smallest absolute Gasteiger partial charge is 0.410 e. The van der Waals surface area contributed by atoms with Gasteiger partial charge >= 0.3 is 6.09 Å². The van der Waals surface area contributed by atoms with Gasteiger partial charge in [-0.25, -0.2) is 4.79 Å². The van der Waals surface area contributed by atoms with E-state index in [4.69, 9.17) is 4.74 Å². The second-order valence-electron chi connectivity index (χ2n) is 5.05. The molecule has 0 bridgehead atoms. The Kier molecular flexibility index (Phi) is 3.78. The molecule has 0 aromatic rings. The first-order valence-corrected chi connectivity index (χ1v) is 5.49. The molecule has 0 unspecified atom stereocenters. The van der Waals surface area contributed by atoms with Crippen LogP contribution in [0.25, 0.3) is 0 Å². The van der Waals surface area contributed by atoms with Crippen LogP contribution in [0.15, 0.2) is 0 Å². The summed E-state index contributed by atoms with van der Waals surface area (Å²) >= 11 is 0. The third-order valence-corrected chi connectivity index (χ3v) is 2.41. The number of hydrogen-bond acceptors (Lipinski definition) is 4. The SMILES string of the molecule is CC(C)(C)OC(=O)N1CCC[C@@H]1CC(=O)[O-]. The molecule has 1 aliphatic heterocycles. The Morgan fingerprint density at radius 3 is 2.56 bits per heavy atom. The molecule has 0 aliphatic carbocycles. The van der Waals surface area contributed by atoms with Gasteiger partial charge in [-0.2, -0.15) is 0 Å². The highest BCUT2D eigenvalue weighted by Crippen LogP contribution is 2.22. The molecule has 0 aromatic carbocycles. The molecule has 1 saturated heterocycles. The van der Waals surface area contributed by atoms with Crippen LogP contribution >= 0.6 is 0 Å². The van der Waals surface area contributed by atoms with E-state index in [1.54, 1.807) is 20.8 Å². The number of carboxylic acid groups (broad SMARTS) is 1. The van der Waals surface area contributed by atoms with Gasteiger partial charge in [-0.15, -0.1) is 0 Å². The molecule has 0 N–H and O–H groups in total. The van der Waals surface area contributed by atoms with Gasteiger partial charge < -0.3 is 19.5 Å². The quantitative estimate of drug-likeness (QED) is 0.691. The average Bonchev–Trinajstić information content (AvgIpc) is 2.47. The van der Waals surface area contributed by atoms with Gasteiger partial charge in [-0.1, -0.05) is 0 Å². The van der Waals surface area contributed by atoms with Crippen LogP contribution in [0.1, 0.15) is 40.0 Å². The highest BCUT2D eigenvalue weighted by atomic mass is 16.6. The molecule has 1 aliphatic rings. The molecule has 16 heavy (non-hydrogen) atoms. The average molecular weight is 228 g/mol. The Morgan fingerprint density at radius 1 is 1.44 bits per heavy atom. The Labute approximate surface area is 95.4 Å². The highest BCUT2D eigenvalue weighted by Gasteiger charge is 2.31. The van der Waals surface area contributed by atoms with E-state index in [2.05, 4.69) is 0 Å². The van der Waals surface area contributed by atoms with Crippen LogP contribution in [0.2, 0.25) is 0 Å². The van der Waals surface area contributed by atoms with Gasteiger partial charge in [0.15, 0.2) is 0 Å². The minimum atomic E-state index is -1.12. The molecule has 1 heterocycles. The number of amides is 1. The maximum absolute atomic E-state index is 11.7. The van der Waals surface area contributed by atoms with Gasteiger partial charge in [-0.3, -0.25) is 0 Å². The Balaban J connectivity index is 2.57. The fraction of sp³-hybridized carbons (Fsp3) is 0.818. The number of ether oxygens (including phenoxy) is 1. The standard InChI is InChI=1S/C11H19NO4/c1-11(2,3)16-10(15)12-6-4-5-8(12)7-9(13)14/h8H,4-7H2,1-3H3,(H,13,14)/p-1/t8-/m1/s1. The number of hydrogen-bond donors (Lipinski definition) is 0. The predicted molar refractivity (Wildman–Crippen MR) is 55.6 cm³/mol. The maximum Gasteiger partial charge on any atom is 0.410 e. The van der Waals surface area contributed by atoms with E-state index < -0.39 is 17.7 Å². The number of carboxylic acids is 1. The van der Waals surface area contributed by atoms with Crippen LogP contribution in [-0.4, -0.2) is 35.2 Å². The first kappa shape index (κ1) is 12.8. The lowest BCUT2D eigenvalue weighted by atomic mass is 10.1. The van der Waals surface area contributed by atoms with Crippen molar-refractivity contribution < 1.29 is 19.4 Å². The molecule has 0 aromatic heterocycles. The fourth-order valence-corrected chi connectivity index (χ4v) is 1.80. The van der Waals surface area contributed by atoms with Gasteiger partial charge in [0, 0.05) is 25.0 Å². The summed E-state index contributed by atoms with van der Waals surface area (Å²) in [5.74, 6) is -1.12. The van der Waals surface area contributed by atoms with E-state index in [0.29, 0.717) is 13.0 Å². The molecule has 1 fully saturated rings. The summed E-state index contributed by atoms with van der Waals surface area (Å²) in [7, 11) is 0. The number of nitrogens with zero attached hydrogens (tertiary/aromatic N) is 1. The summed E-state index contributed by atoms with van der Waals surface area (Å²) in [5.41, 5.74) is -0.550. The summed E-state index contributed by atoms with van der Waals surface area (Å²) in [6.45, 7) is 5.92. The monoisotopic (exact) mass is 228 g/mol. The summed E-state index contributed by atoms with van der Waals surface area (Å²) in [5, 5.41) is 10.5. The van der Waals surface area contributed by atoms with Crippen LogP contribution in [-0.2, 0) is 9.53 Å². The molecular weight excluding hydrogens is 210 g/mol. The topological polar surface area (TPSA) is 69.7 Å². The van der Waals surface area contributed by atoms with E-state index in [9.17, 15) is 14.7 Å². The van der Waals surface area contributed by atoms with Crippen molar-refractivity contribution in [2.45, 2.75) is 51.7 Å². The number of carbonyl (C=O) groups is 2. The minimum absolute atomic E-state index is 0.112. The van der Waals surface area contributed by atoms with Crippen LogP contribution in [0, 0.1) is 0 Å². The number of carbonyl (C=O) groups excluding carboxylic acids is 2. The number of rotatable bonds is 2. The largest absolute Gasteiger partial charge is 0.550 e. The summed E-state index contributed by atoms with van der Waals surface area (Å²) in [6, 6.07) is -0.278. The van der Waals surface area contributed by atoms with Gasteiger partial charge in [-0.05, 0) is 33.6 Å². The molecule has 0 spiro atoms. The van der Waals surface area contributed by atoms with Crippen LogP contribution in [0.5, 0.6) is 0 Å². The van der Waals surface area contributed by atoms with Crippen molar-refractivity contribution in [1.29, 1.82) is 0 Å². The van der Waals surface area contributed by atoms with Gasteiger partial charge in [0.2, 0.25) is 0 Å². The molecule has 1 amide bonds. The van der Waals surface area contributed by atoms with Crippen molar-refractivity contribution in [1.82, 2.24) is 4.90 Å². The molecule has 1 rings (SSSR count). The van der Waals surface area contributed by atoms with Crippen molar-refractivity contribution in [3.8, 4) is 0 Å². The van der Waals surface area contributed by atoms with E-state index in [1.165, 1.54) is 4.90 Å². The van der Waals surface area contributed by atoms with Crippen molar-refractivity contribution in [2.24, 2.45) is 0 Å². The van der Waals surface area contributed by atoms with Crippen molar-refractivity contribution in [3.05, 3.63) is 0 Å². The lowest BCUT2D eigenvalue weighted by molar-refractivity contribution is -0.306. The zero-order valence-electron chi connectivity index (χ0n) is 9.99. The summed E-state index contributed by atoms with van der Waals surface area (Å²) in [4.78, 5) is 23.7. The zero-order valence-corrected chi connectivity index (χ0v) is 9.99. The Bertz CT molecular complexity index is 282. The van der Waals surface area contributed by atoms with Gasteiger partial charge in [0.25, 0.3) is 0 Å². The Hall–Kier alpha value is -1.26. The molecule has 0 saturated carbocycles. The van der Waals surface area contributed by atoms with Crippen LogP contribution in [0.4, 0.5) is 4.79 Å². The van der Waals surface area contributed by atoms with E-state index in [1.807, 2.05) is 0 Å². The third kappa shape index (κ3) is 3.72. The lowest BCUT2D eigenvalue weighted by Crippen LogP contribution is -2.42. The first-order valence-electron chi connectivity index (χ1n) is 5.49. The molecule has 5 heteroatoms. The molecule has 1 atom stereocenters. The first-order chi connectivity index (χ1) is 7.29.